The van der Waals surface area contributed by atoms with Crippen molar-refractivity contribution >= 4 is 43.2 Å². The molecule has 43 heavy (non-hydrogen) atoms. The summed E-state index contributed by atoms with van der Waals surface area (Å²) in [5, 5.41) is 9.42. The highest BCUT2D eigenvalue weighted by molar-refractivity contribution is 7.92. The van der Waals surface area contributed by atoms with Gasteiger partial charge in [-0.1, -0.05) is 24.0 Å². The van der Waals surface area contributed by atoms with E-state index in [1.165, 1.54) is 31.3 Å². The molecule has 16 heteroatoms. The van der Waals surface area contributed by atoms with Gasteiger partial charge in [0.05, 0.1) is 29.3 Å². The molecule has 1 saturated heterocycles. The van der Waals surface area contributed by atoms with E-state index in [0.717, 1.165) is 10.6 Å². The Bertz CT molecular complexity index is 1750. The number of sulfone groups is 1. The van der Waals surface area contributed by atoms with E-state index < -0.39 is 31.0 Å². The molecular formula is C27H32N8O6S2. The van der Waals surface area contributed by atoms with Crippen LogP contribution in [0.4, 0.5) is 17.5 Å². The summed E-state index contributed by atoms with van der Waals surface area (Å²) >= 11 is 0. The number of benzene rings is 1. The molecule has 3 N–H and O–H groups in total. The minimum Gasteiger partial charge on any atom is -0.464 e. The Morgan fingerprint density at radius 3 is 2.47 bits per heavy atom. The van der Waals surface area contributed by atoms with Crippen molar-refractivity contribution in [3.63, 3.8) is 0 Å². The molecule has 2 aromatic heterocycles. The predicted octanol–water partition coefficient (Wildman–Crippen LogP) is 1.01. The highest BCUT2D eigenvalue weighted by Gasteiger charge is 2.33. The molecule has 1 aromatic carbocycles. The summed E-state index contributed by atoms with van der Waals surface area (Å²) in [5.74, 6) is 5.70. The number of carbonyl (C=O) groups excluding carboxylic acids is 1. The summed E-state index contributed by atoms with van der Waals surface area (Å²) in [7, 11) is -6.08. The number of hydrogen-bond acceptors (Lipinski definition) is 12. The maximum atomic E-state index is 13.3. The van der Waals surface area contributed by atoms with Gasteiger partial charge >= 0.3 is 0 Å². The number of nitrogens with zero attached hydrogens (tertiary/aromatic N) is 6. The Balaban J connectivity index is 1.40. The molecule has 3 aromatic rings. The zero-order valence-corrected chi connectivity index (χ0v) is 25.5. The van der Waals surface area contributed by atoms with Crippen LogP contribution in [0, 0.1) is 18.8 Å². The lowest BCUT2D eigenvalue weighted by molar-refractivity contribution is 0.102. The number of aryl methyl sites for hydroxylation is 1. The Morgan fingerprint density at radius 2 is 1.81 bits per heavy atom. The minimum absolute atomic E-state index is 0.0132. The largest absolute Gasteiger partial charge is 0.464 e. The van der Waals surface area contributed by atoms with Crippen molar-refractivity contribution in [3.8, 4) is 17.7 Å². The first-order valence-electron chi connectivity index (χ1n) is 13.2. The van der Waals surface area contributed by atoms with Crippen molar-refractivity contribution in [1.82, 2.24) is 20.2 Å². The molecule has 0 atom stereocenters. The second-order valence-corrected chi connectivity index (χ2v) is 13.9. The lowest BCUT2D eigenvalue weighted by Crippen LogP contribution is -2.40. The van der Waals surface area contributed by atoms with Gasteiger partial charge in [-0.2, -0.15) is 4.98 Å². The van der Waals surface area contributed by atoms with Gasteiger partial charge in [-0.15, -0.1) is 10.2 Å². The van der Waals surface area contributed by atoms with Crippen LogP contribution in [0.2, 0.25) is 0 Å². The SMILES string of the molecule is Cc1cc(OCC#CCN)nc(N2CCC(S(=O)(=O)c3ccc(NC(=O)c4ccccc4N(C)S(C)(=O)=O)nn3)CC2)n1. The Morgan fingerprint density at radius 1 is 1.09 bits per heavy atom. The van der Waals surface area contributed by atoms with Crippen molar-refractivity contribution in [2.45, 2.75) is 30.0 Å². The van der Waals surface area contributed by atoms with Gasteiger partial charge in [0.25, 0.3) is 5.91 Å². The Hall–Kier alpha value is -4.33. The van der Waals surface area contributed by atoms with Crippen LogP contribution in [0.15, 0.2) is 47.5 Å². The van der Waals surface area contributed by atoms with Gasteiger partial charge in [0.15, 0.2) is 27.3 Å². The first-order chi connectivity index (χ1) is 20.4. The quantitative estimate of drug-likeness (QED) is 0.320. The normalized spacial score (nSPS) is 14.0. The summed E-state index contributed by atoms with van der Waals surface area (Å²) < 4.78 is 57.2. The standard InChI is InChI=1S/C27H32N8O6S2/c1-19-18-24(41-17-7-6-14-28)31-27(29-19)35-15-12-20(13-16-35)43(39,40)25-11-10-23(32-33-25)30-26(36)21-8-4-5-9-22(21)34(2)42(3,37)38/h4-5,8-11,18,20H,12-17,28H2,1-3H3,(H,30,32,36). The van der Waals surface area contributed by atoms with Crippen LogP contribution in [0.1, 0.15) is 28.9 Å². The number of hydrogen-bond donors (Lipinski definition) is 2. The van der Waals surface area contributed by atoms with Crippen molar-refractivity contribution < 1.29 is 26.4 Å². The molecule has 0 aliphatic carbocycles. The van der Waals surface area contributed by atoms with E-state index in [4.69, 9.17) is 10.5 Å². The monoisotopic (exact) mass is 628 g/mol. The lowest BCUT2D eigenvalue weighted by Gasteiger charge is -2.31. The predicted molar refractivity (Wildman–Crippen MR) is 161 cm³/mol. The number of carbonyl (C=O) groups is 1. The number of nitrogens with two attached hydrogens (primary N) is 1. The summed E-state index contributed by atoms with van der Waals surface area (Å²) in [6.07, 6.45) is 1.67. The third-order valence-electron chi connectivity index (χ3n) is 6.66. The van der Waals surface area contributed by atoms with Crippen LogP contribution < -0.4 is 25.0 Å². The number of piperidine rings is 1. The molecule has 0 bridgehead atoms. The van der Waals surface area contributed by atoms with E-state index in [1.54, 1.807) is 18.2 Å². The second-order valence-electron chi connectivity index (χ2n) is 9.68. The summed E-state index contributed by atoms with van der Waals surface area (Å²) in [6, 6.07) is 10.5. The number of aromatic nitrogens is 4. The highest BCUT2D eigenvalue weighted by Crippen LogP contribution is 2.27. The van der Waals surface area contributed by atoms with E-state index in [9.17, 15) is 21.6 Å². The molecule has 0 unspecified atom stereocenters. The van der Waals surface area contributed by atoms with Crippen molar-refractivity contribution in [3.05, 3.63) is 53.7 Å². The molecule has 0 radical (unpaired) electrons. The number of para-hydroxylation sites is 1. The highest BCUT2D eigenvalue weighted by atomic mass is 32.2. The van der Waals surface area contributed by atoms with Crippen LogP contribution in [-0.4, -0.2) is 87.7 Å². The van der Waals surface area contributed by atoms with Gasteiger partial charge in [-0.25, -0.2) is 21.8 Å². The molecule has 0 spiro atoms. The number of ether oxygens (including phenoxy) is 1. The number of sulfonamides is 1. The average Bonchev–Trinajstić information content (AvgIpc) is 2.98. The molecule has 1 amide bonds. The fraction of sp³-hybridized carbons (Fsp3) is 0.370. The van der Waals surface area contributed by atoms with Crippen LogP contribution in [0.3, 0.4) is 0 Å². The van der Waals surface area contributed by atoms with Gasteiger partial charge in [0.2, 0.25) is 21.9 Å². The van der Waals surface area contributed by atoms with E-state index in [-0.39, 0.29) is 35.2 Å². The lowest BCUT2D eigenvalue weighted by atomic mass is 10.1. The van der Waals surface area contributed by atoms with Crippen molar-refractivity contribution in [2.75, 3.05) is 54.1 Å². The summed E-state index contributed by atoms with van der Waals surface area (Å²) in [4.78, 5) is 23.7. The molecular weight excluding hydrogens is 596 g/mol. The second kappa shape index (κ2) is 13.3. The minimum atomic E-state index is -3.81. The van der Waals surface area contributed by atoms with Crippen molar-refractivity contribution in [2.24, 2.45) is 5.73 Å². The third-order valence-corrected chi connectivity index (χ3v) is 10.0. The summed E-state index contributed by atoms with van der Waals surface area (Å²) in [6.45, 7) is 3.01. The molecule has 0 saturated carbocycles. The van der Waals surface area contributed by atoms with Crippen LogP contribution in [0.25, 0.3) is 0 Å². The van der Waals surface area contributed by atoms with Gasteiger partial charge in [0, 0.05) is 31.9 Å². The van der Waals surface area contributed by atoms with Gasteiger partial charge in [0.1, 0.15) is 0 Å². The number of anilines is 3. The third kappa shape index (κ3) is 7.74. The smallest absolute Gasteiger partial charge is 0.259 e. The van der Waals surface area contributed by atoms with Crippen LogP contribution >= 0.6 is 0 Å². The van der Waals surface area contributed by atoms with Crippen molar-refractivity contribution in [1.29, 1.82) is 0 Å². The zero-order chi connectivity index (χ0) is 31.2. The average molecular weight is 629 g/mol. The topological polar surface area (TPSA) is 191 Å². The Kier molecular flexibility index (Phi) is 9.79. The first kappa shape index (κ1) is 31.6. The van der Waals surface area contributed by atoms with E-state index in [1.807, 2.05) is 11.8 Å². The maximum Gasteiger partial charge on any atom is 0.259 e. The van der Waals surface area contributed by atoms with Gasteiger partial charge in [-0.3, -0.25) is 9.10 Å². The number of amides is 1. The molecule has 1 aliphatic heterocycles. The van der Waals surface area contributed by atoms with Crippen LogP contribution in [0.5, 0.6) is 5.88 Å². The van der Waals surface area contributed by atoms with Gasteiger partial charge in [-0.05, 0) is 44.0 Å². The van der Waals surface area contributed by atoms with E-state index >= 15 is 0 Å². The maximum absolute atomic E-state index is 13.3. The van der Waals surface area contributed by atoms with Gasteiger partial charge < -0.3 is 20.7 Å². The van der Waals surface area contributed by atoms with E-state index in [0.29, 0.717) is 43.5 Å². The fourth-order valence-electron chi connectivity index (χ4n) is 4.35. The number of rotatable bonds is 9. The zero-order valence-electron chi connectivity index (χ0n) is 23.9. The van der Waals surface area contributed by atoms with E-state index in [2.05, 4.69) is 37.3 Å². The molecule has 228 valence electrons. The number of nitrogens with one attached hydrogen (secondary N) is 1. The summed E-state index contributed by atoms with van der Waals surface area (Å²) in [5.41, 5.74) is 6.33. The Labute approximate surface area is 250 Å². The molecule has 1 aliphatic rings. The first-order valence-corrected chi connectivity index (χ1v) is 16.6. The fourth-order valence-corrected chi connectivity index (χ4v) is 6.45. The molecule has 4 rings (SSSR count). The molecule has 1 fully saturated rings. The molecule has 3 heterocycles. The van der Waals surface area contributed by atoms with Crippen LogP contribution in [-0.2, 0) is 19.9 Å². The molecule has 14 nitrogen and oxygen atoms in total.